The number of alkyl halides is 3. The molecule has 1 rings (SSSR count). The molecule has 22 heavy (non-hydrogen) atoms. The van der Waals surface area contributed by atoms with Crippen molar-refractivity contribution in [3.63, 3.8) is 0 Å². The molecule has 0 aliphatic rings. The van der Waals surface area contributed by atoms with Crippen molar-refractivity contribution in [2.45, 2.75) is 20.0 Å². The predicted molar refractivity (Wildman–Crippen MR) is 82.6 cm³/mol. The number of halogens is 4. The third-order valence-electron chi connectivity index (χ3n) is 2.88. The average molecular weight is 332 g/mol. The molecule has 0 heterocycles. The van der Waals surface area contributed by atoms with Crippen LogP contribution in [0, 0.1) is 0 Å². The van der Waals surface area contributed by atoms with Gasteiger partial charge in [-0.1, -0.05) is 23.8 Å². The van der Waals surface area contributed by atoms with E-state index in [2.05, 4.69) is 6.58 Å². The second kappa shape index (κ2) is 7.49. The summed E-state index contributed by atoms with van der Waals surface area (Å²) < 4.78 is 38.0. The Hall–Kier alpha value is -1.75. The van der Waals surface area contributed by atoms with Crippen LogP contribution in [0.1, 0.15) is 25.0 Å². The first-order valence-corrected chi connectivity index (χ1v) is 7.01. The number of rotatable bonds is 5. The minimum absolute atomic E-state index is 0.149. The van der Waals surface area contributed by atoms with Gasteiger partial charge in [0, 0.05) is 24.2 Å². The summed E-state index contributed by atoms with van der Waals surface area (Å²) >= 11 is 5.87. The summed E-state index contributed by atoms with van der Waals surface area (Å²) in [6.07, 6.45) is -1.94. The van der Waals surface area contributed by atoms with Crippen LogP contribution in [0.4, 0.5) is 13.2 Å². The van der Waals surface area contributed by atoms with E-state index in [0.29, 0.717) is 13.1 Å². The number of amides is 1. The van der Waals surface area contributed by atoms with Crippen LogP contribution < -0.4 is 0 Å². The Kier molecular flexibility index (Phi) is 6.23. The minimum Gasteiger partial charge on any atom is -0.335 e. The quantitative estimate of drug-likeness (QED) is 0.561. The summed E-state index contributed by atoms with van der Waals surface area (Å²) in [5.74, 6) is -0.307. The molecule has 2 nitrogen and oxygen atoms in total. The Morgan fingerprint density at radius 3 is 2.55 bits per heavy atom. The van der Waals surface area contributed by atoms with Gasteiger partial charge >= 0.3 is 6.18 Å². The number of hydrogen-bond donors (Lipinski definition) is 0. The van der Waals surface area contributed by atoms with Gasteiger partial charge in [0.05, 0.1) is 5.56 Å². The maximum atomic E-state index is 12.7. The molecule has 1 amide bonds. The van der Waals surface area contributed by atoms with Gasteiger partial charge in [0.1, 0.15) is 0 Å². The lowest BCUT2D eigenvalue weighted by Crippen LogP contribution is -2.30. The SMILES string of the molecule is C=C(C)CN(CC)C(=O)/C=C/c1cc(C(F)(F)F)ccc1Cl. The molecule has 0 aliphatic heterocycles. The smallest absolute Gasteiger partial charge is 0.335 e. The molecule has 0 N–H and O–H groups in total. The van der Waals surface area contributed by atoms with Crippen molar-refractivity contribution in [1.29, 1.82) is 0 Å². The van der Waals surface area contributed by atoms with Crippen molar-refractivity contribution in [2.75, 3.05) is 13.1 Å². The molecule has 0 aliphatic carbocycles. The number of hydrogen-bond acceptors (Lipinski definition) is 1. The fraction of sp³-hybridized carbons (Fsp3) is 0.312. The summed E-state index contributed by atoms with van der Waals surface area (Å²) in [6.45, 7) is 8.22. The summed E-state index contributed by atoms with van der Waals surface area (Å²) in [5, 5.41) is 0.153. The molecular formula is C16H17ClF3NO. The number of nitrogens with zero attached hydrogens (tertiary/aromatic N) is 1. The zero-order valence-corrected chi connectivity index (χ0v) is 13.1. The van der Waals surface area contributed by atoms with E-state index in [9.17, 15) is 18.0 Å². The van der Waals surface area contributed by atoms with Crippen LogP contribution in [0.25, 0.3) is 6.08 Å². The van der Waals surface area contributed by atoms with E-state index in [0.717, 1.165) is 17.7 Å². The summed E-state index contributed by atoms with van der Waals surface area (Å²) in [7, 11) is 0. The molecule has 120 valence electrons. The number of carbonyl (C=O) groups is 1. The van der Waals surface area contributed by atoms with Gasteiger partial charge in [-0.3, -0.25) is 4.79 Å². The van der Waals surface area contributed by atoms with E-state index in [4.69, 9.17) is 11.6 Å². The lowest BCUT2D eigenvalue weighted by atomic mass is 10.1. The Morgan fingerprint density at radius 1 is 1.41 bits per heavy atom. The van der Waals surface area contributed by atoms with E-state index >= 15 is 0 Å². The van der Waals surface area contributed by atoms with Gasteiger partial charge in [-0.15, -0.1) is 0 Å². The number of carbonyl (C=O) groups excluding carboxylic acids is 1. The highest BCUT2D eigenvalue weighted by atomic mass is 35.5. The third-order valence-corrected chi connectivity index (χ3v) is 3.23. The van der Waals surface area contributed by atoms with E-state index in [1.807, 2.05) is 6.92 Å². The van der Waals surface area contributed by atoms with E-state index in [1.54, 1.807) is 6.92 Å². The Bertz CT molecular complexity index is 594. The number of likely N-dealkylation sites (N-methyl/N-ethyl adjacent to an activating group) is 1. The topological polar surface area (TPSA) is 20.3 Å². The molecule has 0 atom stereocenters. The Labute approximate surface area is 132 Å². The van der Waals surface area contributed by atoms with Crippen LogP contribution in [0.3, 0.4) is 0 Å². The molecule has 0 saturated heterocycles. The molecule has 0 spiro atoms. The highest BCUT2D eigenvalue weighted by Crippen LogP contribution is 2.32. The van der Waals surface area contributed by atoms with Crippen molar-refractivity contribution in [2.24, 2.45) is 0 Å². The first kappa shape index (κ1) is 18.3. The molecule has 0 bridgehead atoms. The maximum absolute atomic E-state index is 12.7. The van der Waals surface area contributed by atoms with Gasteiger partial charge in [0.25, 0.3) is 0 Å². The monoisotopic (exact) mass is 331 g/mol. The van der Waals surface area contributed by atoms with Gasteiger partial charge in [-0.05, 0) is 43.7 Å². The first-order chi connectivity index (χ1) is 10.1. The zero-order chi connectivity index (χ0) is 16.9. The van der Waals surface area contributed by atoms with Crippen LogP contribution in [0.5, 0.6) is 0 Å². The molecule has 1 aromatic carbocycles. The van der Waals surface area contributed by atoms with Crippen molar-refractivity contribution in [3.8, 4) is 0 Å². The molecule has 0 aromatic heterocycles. The molecule has 6 heteroatoms. The second-order valence-electron chi connectivity index (χ2n) is 4.88. The van der Waals surface area contributed by atoms with Gasteiger partial charge in [0.15, 0.2) is 0 Å². The van der Waals surface area contributed by atoms with E-state index < -0.39 is 11.7 Å². The highest BCUT2D eigenvalue weighted by Gasteiger charge is 2.30. The van der Waals surface area contributed by atoms with Crippen LogP contribution in [-0.4, -0.2) is 23.9 Å². The summed E-state index contributed by atoms with van der Waals surface area (Å²) in [6, 6.07) is 2.99. The van der Waals surface area contributed by atoms with Crippen LogP contribution in [0.15, 0.2) is 36.4 Å². The lowest BCUT2D eigenvalue weighted by Gasteiger charge is -2.19. The summed E-state index contributed by atoms with van der Waals surface area (Å²) in [4.78, 5) is 13.5. The molecule has 0 saturated carbocycles. The second-order valence-corrected chi connectivity index (χ2v) is 5.28. The van der Waals surface area contributed by atoms with Crippen molar-refractivity contribution in [3.05, 3.63) is 52.6 Å². The lowest BCUT2D eigenvalue weighted by molar-refractivity contribution is -0.137. The van der Waals surface area contributed by atoms with Crippen molar-refractivity contribution < 1.29 is 18.0 Å². The van der Waals surface area contributed by atoms with E-state index in [1.165, 1.54) is 23.1 Å². The van der Waals surface area contributed by atoms with E-state index in [-0.39, 0.29) is 16.5 Å². The zero-order valence-electron chi connectivity index (χ0n) is 12.4. The normalized spacial score (nSPS) is 11.7. The van der Waals surface area contributed by atoms with Crippen molar-refractivity contribution in [1.82, 2.24) is 4.90 Å². The minimum atomic E-state index is -4.45. The maximum Gasteiger partial charge on any atom is 0.416 e. The molecular weight excluding hydrogens is 315 g/mol. The third kappa shape index (κ3) is 5.22. The predicted octanol–water partition coefficient (Wildman–Crippen LogP) is 4.80. The number of benzene rings is 1. The van der Waals surface area contributed by atoms with Crippen LogP contribution in [0.2, 0.25) is 5.02 Å². The summed E-state index contributed by atoms with van der Waals surface area (Å²) in [5.41, 5.74) is 0.162. The first-order valence-electron chi connectivity index (χ1n) is 6.63. The van der Waals surface area contributed by atoms with Gasteiger partial charge in [-0.25, -0.2) is 0 Å². The molecule has 0 unspecified atom stereocenters. The van der Waals surface area contributed by atoms with Gasteiger partial charge < -0.3 is 4.90 Å². The van der Waals surface area contributed by atoms with Crippen LogP contribution in [-0.2, 0) is 11.0 Å². The van der Waals surface area contributed by atoms with Gasteiger partial charge in [0.2, 0.25) is 5.91 Å². The Balaban J connectivity index is 2.98. The Morgan fingerprint density at radius 2 is 2.05 bits per heavy atom. The largest absolute Gasteiger partial charge is 0.416 e. The average Bonchev–Trinajstić information content (AvgIpc) is 2.42. The molecule has 0 radical (unpaired) electrons. The van der Waals surface area contributed by atoms with Crippen molar-refractivity contribution >= 4 is 23.6 Å². The van der Waals surface area contributed by atoms with Gasteiger partial charge in [-0.2, -0.15) is 13.2 Å². The molecule has 0 fully saturated rings. The fourth-order valence-corrected chi connectivity index (χ4v) is 1.97. The van der Waals surface area contributed by atoms with Crippen LogP contribution >= 0.6 is 11.6 Å². The standard InChI is InChI=1S/C16H17ClF3NO/c1-4-21(10-11(2)3)15(22)8-5-12-9-13(16(18,19)20)6-7-14(12)17/h5-9H,2,4,10H2,1,3H3/b8-5+. The highest BCUT2D eigenvalue weighted by molar-refractivity contribution is 6.32. The molecule has 1 aromatic rings. The fourth-order valence-electron chi connectivity index (χ4n) is 1.79.